The molecule has 36 heavy (non-hydrogen) atoms. The molecule has 1 heterocycles. The number of nitrogens with one attached hydrogen (secondary N) is 2. The van der Waals surface area contributed by atoms with Crippen LogP contribution in [0.25, 0.3) is 27.8 Å². The average Bonchev–Trinajstić information content (AvgIpc) is 3.33. The number of amides is 1. The molecule has 2 N–H and O–H groups in total. The van der Waals surface area contributed by atoms with Gasteiger partial charge in [-0.05, 0) is 58.4 Å². The maximum absolute atomic E-state index is 12.5. The van der Waals surface area contributed by atoms with Crippen molar-refractivity contribution < 1.29 is 14.5 Å². The molecule has 0 unspecified atom stereocenters. The van der Waals surface area contributed by atoms with Gasteiger partial charge < -0.3 is 5.11 Å². The Balaban J connectivity index is 1.33. The number of nitrogens with zero attached hydrogens (tertiary/aromatic N) is 3. The van der Waals surface area contributed by atoms with E-state index in [9.17, 15) is 9.90 Å². The lowest BCUT2D eigenvalue weighted by molar-refractivity contribution is -0.625. The van der Waals surface area contributed by atoms with Gasteiger partial charge in [0.15, 0.2) is 0 Å². The number of rotatable bonds is 7. The monoisotopic (exact) mass is 557 g/mol. The minimum atomic E-state index is -0.310. The lowest BCUT2D eigenvalue weighted by atomic mass is 10.0. The van der Waals surface area contributed by atoms with Gasteiger partial charge in [-0.25, -0.2) is 5.43 Å². The fourth-order valence-electron chi connectivity index (χ4n) is 3.78. The lowest BCUT2D eigenvalue weighted by Crippen LogP contribution is -2.34. The largest absolute Gasteiger partial charge is 0.872 e. The number of fused-ring (bicyclic) bond motifs is 1. The van der Waals surface area contributed by atoms with Crippen LogP contribution in [0.5, 0.6) is 5.75 Å². The van der Waals surface area contributed by atoms with Gasteiger partial charge in [-0.2, -0.15) is 9.67 Å². The number of H-pyrrole nitrogens is 1. The molecule has 0 saturated carbocycles. The number of carbonyl (C=O) groups excluding carboxylic acids is 1. The Morgan fingerprint density at radius 1 is 1.06 bits per heavy atom. The van der Waals surface area contributed by atoms with E-state index in [1.54, 1.807) is 6.07 Å². The molecule has 0 spiro atoms. The van der Waals surface area contributed by atoms with Crippen molar-refractivity contribution in [2.75, 3.05) is 5.75 Å². The van der Waals surface area contributed by atoms with Gasteiger partial charge in [-0.15, -0.1) is 5.10 Å². The molecule has 7 nitrogen and oxygen atoms in total. The van der Waals surface area contributed by atoms with E-state index in [2.05, 4.69) is 36.7 Å². The minimum Gasteiger partial charge on any atom is -0.872 e. The van der Waals surface area contributed by atoms with Crippen LogP contribution in [0.15, 0.2) is 106 Å². The molecule has 1 aromatic heterocycles. The van der Waals surface area contributed by atoms with Crippen LogP contribution in [0.2, 0.25) is 0 Å². The van der Waals surface area contributed by atoms with Crippen LogP contribution in [0.3, 0.4) is 0 Å². The summed E-state index contributed by atoms with van der Waals surface area (Å²) in [7, 11) is 0. The van der Waals surface area contributed by atoms with Gasteiger partial charge in [0.2, 0.25) is 0 Å². The molecule has 1 amide bonds. The Labute approximate surface area is 220 Å². The number of thioether (sulfide) groups is 1. The second-order valence-corrected chi connectivity index (χ2v) is 9.67. The summed E-state index contributed by atoms with van der Waals surface area (Å²) < 4.78 is 2.93. The third-order valence-electron chi connectivity index (χ3n) is 5.43. The molecular formula is C27H20BrN5O2S. The van der Waals surface area contributed by atoms with E-state index in [4.69, 9.17) is 0 Å². The number of carbonyl (C=O) groups is 1. The fourth-order valence-corrected chi connectivity index (χ4v) is 4.94. The minimum absolute atomic E-state index is 0.0900. The maximum atomic E-state index is 12.5. The Bertz CT molecular complexity index is 1570. The van der Waals surface area contributed by atoms with Crippen molar-refractivity contribution in [3.8, 4) is 22.8 Å². The first-order valence-corrected chi connectivity index (χ1v) is 12.8. The summed E-state index contributed by atoms with van der Waals surface area (Å²) in [5.41, 5.74) is 4.82. The highest BCUT2D eigenvalue weighted by atomic mass is 79.9. The molecule has 178 valence electrons. The molecule has 0 aliphatic carbocycles. The van der Waals surface area contributed by atoms with Crippen LogP contribution < -0.4 is 15.1 Å². The summed E-state index contributed by atoms with van der Waals surface area (Å²) in [6, 6.07) is 28.6. The number of hydrogen-bond acceptors (Lipinski definition) is 5. The van der Waals surface area contributed by atoms with Crippen molar-refractivity contribution in [1.82, 2.24) is 15.6 Å². The first kappa shape index (κ1) is 23.8. The summed E-state index contributed by atoms with van der Waals surface area (Å²) in [4.78, 5) is 12.5. The molecule has 0 saturated heterocycles. The van der Waals surface area contributed by atoms with Gasteiger partial charge in [0.05, 0.1) is 22.6 Å². The van der Waals surface area contributed by atoms with Crippen molar-refractivity contribution in [2.45, 2.75) is 5.16 Å². The number of benzene rings is 4. The molecule has 0 radical (unpaired) electrons. The zero-order valence-electron chi connectivity index (χ0n) is 18.9. The summed E-state index contributed by atoms with van der Waals surface area (Å²) in [5, 5.41) is 26.3. The fraction of sp³-hybridized carbons (Fsp3) is 0.0370. The van der Waals surface area contributed by atoms with Crippen LogP contribution >= 0.6 is 27.7 Å². The quantitative estimate of drug-likeness (QED) is 0.132. The van der Waals surface area contributed by atoms with Gasteiger partial charge >= 0.3 is 5.16 Å². The maximum Gasteiger partial charge on any atom is 0.342 e. The normalized spacial score (nSPS) is 11.2. The SMILES string of the molecule is O=C(CSc1n[nH]c(-c2cccc(Br)c2)[n+]1-c1ccccc1)NN=Cc1c([O-])ccc2ccccc12. The number of hydrazone groups is 1. The third-order valence-corrected chi connectivity index (χ3v) is 6.86. The summed E-state index contributed by atoms with van der Waals surface area (Å²) in [6.07, 6.45) is 1.40. The van der Waals surface area contributed by atoms with Gasteiger partial charge in [0, 0.05) is 4.47 Å². The molecule has 0 aliphatic heterocycles. The summed E-state index contributed by atoms with van der Waals surface area (Å²) in [6.45, 7) is 0. The first-order chi connectivity index (χ1) is 17.6. The number of halogens is 1. The highest BCUT2D eigenvalue weighted by molar-refractivity contribution is 9.10. The van der Waals surface area contributed by atoms with E-state index >= 15 is 0 Å². The predicted molar refractivity (Wildman–Crippen MR) is 143 cm³/mol. The van der Waals surface area contributed by atoms with Crippen molar-refractivity contribution in [3.63, 3.8) is 0 Å². The van der Waals surface area contributed by atoms with Crippen LogP contribution in [0.4, 0.5) is 0 Å². The van der Waals surface area contributed by atoms with E-state index in [-0.39, 0.29) is 17.4 Å². The van der Waals surface area contributed by atoms with Gasteiger partial charge in [-0.3, -0.25) is 4.79 Å². The van der Waals surface area contributed by atoms with Crippen LogP contribution in [0, 0.1) is 0 Å². The van der Waals surface area contributed by atoms with E-state index in [1.807, 2.05) is 83.4 Å². The summed E-state index contributed by atoms with van der Waals surface area (Å²) in [5.74, 6) is 0.423. The number of aromatic amines is 1. The number of hydrogen-bond donors (Lipinski definition) is 2. The molecule has 5 rings (SSSR count). The highest BCUT2D eigenvalue weighted by Gasteiger charge is 2.24. The number of para-hydroxylation sites is 1. The van der Waals surface area contributed by atoms with Gasteiger partial charge in [0.25, 0.3) is 11.7 Å². The molecule has 0 aliphatic rings. The van der Waals surface area contributed by atoms with Crippen molar-refractivity contribution >= 4 is 50.6 Å². The second-order valence-electron chi connectivity index (χ2n) is 7.82. The van der Waals surface area contributed by atoms with Crippen molar-refractivity contribution in [1.29, 1.82) is 0 Å². The van der Waals surface area contributed by atoms with E-state index in [0.717, 1.165) is 32.3 Å². The first-order valence-electron chi connectivity index (χ1n) is 11.1. The van der Waals surface area contributed by atoms with Crippen LogP contribution in [-0.4, -0.2) is 28.1 Å². The molecule has 5 aromatic rings. The Hall–Kier alpha value is -3.95. The Morgan fingerprint density at radius 2 is 1.86 bits per heavy atom. The van der Waals surface area contributed by atoms with E-state index in [1.165, 1.54) is 24.0 Å². The topological polar surface area (TPSA) is 97.1 Å². The van der Waals surface area contributed by atoms with Gasteiger partial charge in [-0.1, -0.05) is 82.3 Å². The second kappa shape index (κ2) is 10.8. The van der Waals surface area contributed by atoms with Crippen LogP contribution in [-0.2, 0) is 4.79 Å². The molecule has 9 heteroatoms. The van der Waals surface area contributed by atoms with E-state index < -0.39 is 0 Å². The summed E-state index contributed by atoms with van der Waals surface area (Å²) >= 11 is 4.80. The Kier molecular flexibility index (Phi) is 7.11. The van der Waals surface area contributed by atoms with Crippen LogP contribution in [0.1, 0.15) is 5.56 Å². The average molecular weight is 558 g/mol. The lowest BCUT2D eigenvalue weighted by Gasteiger charge is -2.12. The van der Waals surface area contributed by atoms with E-state index in [0.29, 0.717) is 10.7 Å². The zero-order chi connectivity index (χ0) is 24.9. The smallest absolute Gasteiger partial charge is 0.342 e. The molecule has 0 atom stereocenters. The predicted octanol–water partition coefficient (Wildman–Crippen LogP) is 4.59. The Morgan fingerprint density at radius 3 is 2.69 bits per heavy atom. The standard InChI is InChI=1S/C27H20BrN5O2S/c28-20-9-6-8-19(15-20)26-31-32-27(33(26)21-10-2-1-3-11-21)36-17-25(35)30-29-16-23-22-12-5-4-7-18(22)13-14-24(23)34/h1-16H,17H2,(H2,29,30,34,35). The third kappa shape index (κ3) is 5.17. The van der Waals surface area contributed by atoms with Crippen molar-refractivity contribution in [2.24, 2.45) is 5.10 Å². The molecule has 0 bridgehead atoms. The number of aromatic nitrogens is 3. The molecular weight excluding hydrogens is 538 g/mol. The molecule has 4 aromatic carbocycles. The molecule has 0 fully saturated rings. The zero-order valence-corrected chi connectivity index (χ0v) is 21.3. The van der Waals surface area contributed by atoms with Crippen molar-refractivity contribution in [3.05, 3.63) is 101 Å². The highest BCUT2D eigenvalue weighted by Crippen LogP contribution is 2.24. The van der Waals surface area contributed by atoms with Gasteiger partial charge in [0.1, 0.15) is 5.69 Å².